The Kier molecular flexibility index (Phi) is 9.85. The third kappa shape index (κ3) is 5.60. The van der Waals surface area contributed by atoms with Crippen molar-refractivity contribution in [1.82, 2.24) is 24.6 Å². The van der Waals surface area contributed by atoms with E-state index in [0.29, 0.717) is 0 Å². The Labute approximate surface area is 162 Å². The molecular weight excluding hydrogens is 369 g/mol. The number of rotatable bonds is 4. The lowest BCUT2D eigenvalue weighted by Crippen LogP contribution is -2.31. The Morgan fingerprint density at radius 2 is 1.88 bits per heavy atom. The van der Waals surface area contributed by atoms with E-state index in [1.165, 1.54) is 22.3 Å². The van der Waals surface area contributed by atoms with Gasteiger partial charge < -0.3 is 4.90 Å². The second kappa shape index (κ2) is 10.2. The summed E-state index contributed by atoms with van der Waals surface area (Å²) in [4.78, 5) is 9.11. The van der Waals surface area contributed by atoms with Gasteiger partial charge in [0.15, 0.2) is 0 Å². The van der Waals surface area contributed by atoms with Crippen LogP contribution in [0.4, 0.5) is 0 Å². The van der Waals surface area contributed by atoms with Gasteiger partial charge in [-0.2, -0.15) is 5.10 Å². The molecule has 8 heteroatoms. The number of aromatic nitrogens is 3. The lowest BCUT2D eigenvalue weighted by molar-refractivity contribution is 0.243. The van der Waals surface area contributed by atoms with E-state index in [1.807, 2.05) is 30.3 Å². The van der Waals surface area contributed by atoms with Crippen molar-refractivity contribution < 1.29 is 0 Å². The number of halogens is 3. The van der Waals surface area contributed by atoms with E-state index < -0.39 is 0 Å². The summed E-state index contributed by atoms with van der Waals surface area (Å²) in [7, 11) is 6.18. The van der Waals surface area contributed by atoms with Crippen molar-refractivity contribution in [2.45, 2.75) is 26.1 Å². The van der Waals surface area contributed by atoms with Gasteiger partial charge in [0.05, 0.1) is 6.20 Å². The molecule has 0 spiro atoms. The van der Waals surface area contributed by atoms with Gasteiger partial charge in [-0.1, -0.05) is 0 Å². The summed E-state index contributed by atoms with van der Waals surface area (Å²) in [6.45, 7) is 4.02. The topological polar surface area (TPSA) is 37.2 Å². The highest BCUT2D eigenvalue weighted by Gasteiger charge is 2.19. The molecule has 0 unspecified atom stereocenters. The molecule has 1 aliphatic rings. The van der Waals surface area contributed by atoms with Crippen molar-refractivity contribution in [3.63, 3.8) is 0 Å². The van der Waals surface area contributed by atoms with Crippen molar-refractivity contribution in [2.24, 2.45) is 7.05 Å². The summed E-state index contributed by atoms with van der Waals surface area (Å²) in [5.74, 6) is 0. The van der Waals surface area contributed by atoms with Crippen molar-refractivity contribution in [3.05, 3.63) is 47.0 Å². The van der Waals surface area contributed by atoms with Crippen LogP contribution in [0, 0.1) is 0 Å². The fourth-order valence-corrected chi connectivity index (χ4v) is 3.05. The highest BCUT2D eigenvalue weighted by atomic mass is 35.5. The molecule has 3 rings (SSSR count). The van der Waals surface area contributed by atoms with Crippen LogP contribution in [0.15, 0.2) is 24.8 Å². The van der Waals surface area contributed by atoms with E-state index in [0.717, 1.165) is 32.6 Å². The molecule has 0 aromatic carbocycles. The van der Waals surface area contributed by atoms with Crippen LogP contribution in [-0.4, -0.2) is 45.2 Å². The minimum Gasteiger partial charge on any atom is -0.305 e. The second-order valence-electron chi connectivity index (χ2n) is 6.16. The van der Waals surface area contributed by atoms with Gasteiger partial charge in [-0.3, -0.25) is 14.6 Å². The Bertz CT molecular complexity index is 630. The van der Waals surface area contributed by atoms with Crippen LogP contribution < -0.4 is 0 Å². The summed E-state index contributed by atoms with van der Waals surface area (Å²) in [5, 5.41) is 4.25. The fourth-order valence-electron chi connectivity index (χ4n) is 3.05. The van der Waals surface area contributed by atoms with Gasteiger partial charge in [0.1, 0.15) is 0 Å². The number of pyridine rings is 1. The van der Waals surface area contributed by atoms with Crippen LogP contribution in [-0.2, 0) is 33.1 Å². The van der Waals surface area contributed by atoms with Gasteiger partial charge in [0.2, 0.25) is 0 Å². The average molecular weight is 395 g/mol. The maximum Gasteiger partial charge on any atom is 0.0534 e. The van der Waals surface area contributed by atoms with E-state index in [2.05, 4.69) is 40.2 Å². The summed E-state index contributed by atoms with van der Waals surface area (Å²) < 4.78 is 1.87. The first-order valence-electron chi connectivity index (χ1n) is 7.41. The minimum atomic E-state index is 0. The van der Waals surface area contributed by atoms with Crippen LogP contribution in [0.5, 0.6) is 0 Å². The molecule has 0 aliphatic carbocycles. The predicted octanol–water partition coefficient (Wildman–Crippen LogP) is 2.70. The van der Waals surface area contributed by atoms with Crippen molar-refractivity contribution in [2.75, 3.05) is 20.6 Å². The normalized spacial score (nSPS) is 13.5. The van der Waals surface area contributed by atoms with Gasteiger partial charge in [-0.25, -0.2) is 0 Å². The van der Waals surface area contributed by atoms with E-state index in [4.69, 9.17) is 0 Å². The van der Waals surface area contributed by atoms with E-state index >= 15 is 0 Å². The highest BCUT2D eigenvalue weighted by Crippen LogP contribution is 2.23. The van der Waals surface area contributed by atoms with Gasteiger partial charge >= 0.3 is 0 Å². The monoisotopic (exact) mass is 393 g/mol. The number of nitrogens with zero attached hydrogens (tertiary/aromatic N) is 5. The molecule has 0 radical (unpaired) electrons. The lowest BCUT2D eigenvalue weighted by Gasteiger charge is -2.29. The zero-order valence-corrected chi connectivity index (χ0v) is 16.8. The molecule has 136 valence electrons. The summed E-state index contributed by atoms with van der Waals surface area (Å²) in [6.07, 6.45) is 9.22. The predicted molar refractivity (Wildman–Crippen MR) is 104 cm³/mol. The third-order valence-electron chi connectivity index (χ3n) is 3.96. The number of hydrogen-bond donors (Lipinski definition) is 0. The van der Waals surface area contributed by atoms with Gasteiger partial charge in [0.25, 0.3) is 0 Å². The zero-order chi connectivity index (χ0) is 14.8. The maximum atomic E-state index is 4.43. The van der Waals surface area contributed by atoms with Gasteiger partial charge in [-0.05, 0) is 37.2 Å². The van der Waals surface area contributed by atoms with Crippen molar-refractivity contribution in [3.8, 4) is 0 Å². The van der Waals surface area contributed by atoms with Crippen LogP contribution in [0.1, 0.15) is 22.3 Å². The second-order valence-corrected chi connectivity index (χ2v) is 6.16. The Morgan fingerprint density at radius 1 is 1.12 bits per heavy atom. The lowest BCUT2D eigenvalue weighted by atomic mass is 9.96. The zero-order valence-electron chi connectivity index (χ0n) is 14.3. The van der Waals surface area contributed by atoms with Crippen LogP contribution in [0.2, 0.25) is 0 Å². The smallest absolute Gasteiger partial charge is 0.0534 e. The van der Waals surface area contributed by atoms with Crippen LogP contribution >= 0.6 is 37.2 Å². The van der Waals surface area contributed by atoms with Gasteiger partial charge in [-0.15, -0.1) is 37.2 Å². The molecule has 0 saturated heterocycles. The molecule has 5 nitrogen and oxygen atoms in total. The summed E-state index contributed by atoms with van der Waals surface area (Å²) in [6, 6.07) is 0. The molecular formula is C16H26Cl3N5. The molecule has 0 amide bonds. The summed E-state index contributed by atoms with van der Waals surface area (Å²) >= 11 is 0. The number of hydrogen-bond acceptors (Lipinski definition) is 4. The van der Waals surface area contributed by atoms with Gasteiger partial charge in [0, 0.05) is 57.4 Å². The first-order valence-corrected chi connectivity index (χ1v) is 7.41. The fraction of sp³-hybridized carbons (Fsp3) is 0.500. The first kappa shape index (κ1) is 23.1. The Balaban J connectivity index is 0.00000176. The maximum absolute atomic E-state index is 4.43. The Hall–Kier alpha value is -0.850. The highest BCUT2D eigenvalue weighted by molar-refractivity contribution is 5.86. The molecule has 0 fully saturated rings. The SMILES string of the molecule is CN(C)Cc1cncc2c1CCN(Cc1cnn(C)c1)C2.Cl.Cl.Cl. The van der Waals surface area contributed by atoms with E-state index in [-0.39, 0.29) is 37.2 Å². The number of fused-ring (bicyclic) bond motifs is 1. The molecule has 0 bridgehead atoms. The molecule has 2 aromatic rings. The van der Waals surface area contributed by atoms with Crippen molar-refractivity contribution in [1.29, 1.82) is 0 Å². The molecule has 0 saturated carbocycles. The molecule has 0 atom stereocenters. The largest absolute Gasteiger partial charge is 0.305 e. The van der Waals surface area contributed by atoms with Crippen LogP contribution in [0.25, 0.3) is 0 Å². The summed E-state index contributed by atoms with van der Waals surface area (Å²) in [5.41, 5.74) is 5.53. The third-order valence-corrected chi connectivity index (χ3v) is 3.96. The minimum absolute atomic E-state index is 0. The standard InChI is InChI=1S/C16H23N5.3ClH/c1-19(2)11-14-7-17-8-15-12-21(5-4-16(14)15)10-13-6-18-20(3)9-13;;;/h6-9H,4-5,10-12H2,1-3H3;3*1H. The van der Waals surface area contributed by atoms with Crippen molar-refractivity contribution >= 4 is 37.2 Å². The Morgan fingerprint density at radius 3 is 2.50 bits per heavy atom. The van der Waals surface area contributed by atoms with E-state index in [1.54, 1.807) is 0 Å². The molecule has 1 aliphatic heterocycles. The average Bonchev–Trinajstić information content (AvgIpc) is 2.83. The molecule has 24 heavy (non-hydrogen) atoms. The molecule has 3 heterocycles. The molecule has 2 aromatic heterocycles. The van der Waals surface area contributed by atoms with Crippen LogP contribution in [0.3, 0.4) is 0 Å². The quantitative estimate of drug-likeness (QED) is 0.799. The first-order chi connectivity index (χ1) is 10.1. The number of aryl methyl sites for hydroxylation is 1. The molecule has 0 N–H and O–H groups in total. The van der Waals surface area contributed by atoms with E-state index in [9.17, 15) is 0 Å².